The predicted octanol–water partition coefficient (Wildman–Crippen LogP) is 2.01. The minimum absolute atomic E-state index is 0.00156. The molecule has 134 valence electrons. The zero-order valence-electron chi connectivity index (χ0n) is 13.7. The van der Waals surface area contributed by atoms with E-state index >= 15 is 0 Å². The first kappa shape index (κ1) is 17.2. The highest BCUT2D eigenvalue weighted by atomic mass is 19.4. The zero-order valence-corrected chi connectivity index (χ0v) is 13.7. The third kappa shape index (κ3) is 3.72. The Morgan fingerprint density at radius 3 is 2.56 bits per heavy atom. The van der Waals surface area contributed by atoms with E-state index in [1.807, 2.05) is 4.90 Å². The molecule has 1 saturated heterocycles. The van der Waals surface area contributed by atoms with Crippen LogP contribution in [0, 0.1) is 0 Å². The number of rotatable bonds is 4. The van der Waals surface area contributed by atoms with Crippen molar-refractivity contribution >= 4 is 11.8 Å². The molecule has 10 heteroatoms. The Morgan fingerprint density at radius 1 is 1.20 bits per heavy atom. The van der Waals surface area contributed by atoms with Gasteiger partial charge in [0.05, 0.1) is 19.5 Å². The van der Waals surface area contributed by atoms with Gasteiger partial charge in [-0.2, -0.15) is 13.2 Å². The Bertz CT molecular complexity index is 724. The molecule has 1 fully saturated rings. The number of aromatic nitrogens is 4. The number of halogens is 3. The Kier molecular flexibility index (Phi) is 4.60. The van der Waals surface area contributed by atoms with Crippen molar-refractivity contribution in [3.05, 3.63) is 30.5 Å². The van der Waals surface area contributed by atoms with Gasteiger partial charge in [0.2, 0.25) is 5.95 Å². The Labute approximate surface area is 142 Å². The number of ether oxygens (including phenoxy) is 1. The molecular weight excluding hydrogens is 337 g/mol. The monoisotopic (exact) mass is 354 g/mol. The van der Waals surface area contributed by atoms with E-state index in [0.29, 0.717) is 24.8 Å². The van der Waals surface area contributed by atoms with Gasteiger partial charge in [-0.1, -0.05) is 0 Å². The predicted molar refractivity (Wildman–Crippen MR) is 84.6 cm³/mol. The van der Waals surface area contributed by atoms with E-state index in [2.05, 4.69) is 19.9 Å². The Morgan fingerprint density at radius 2 is 1.92 bits per heavy atom. The molecule has 0 amide bonds. The van der Waals surface area contributed by atoms with Crippen LogP contribution in [0.25, 0.3) is 0 Å². The number of nitrogens with zero attached hydrogens (tertiary/aromatic N) is 6. The molecule has 25 heavy (non-hydrogen) atoms. The van der Waals surface area contributed by atoms with Gasteiger partial charge < -0.3 is 14.5 Å². The van der Waals surface area contributed by atoms with Crippen LogP contribution in [0.1, 0.15) is 12.1 Å². The minimum atomic E-state index is -4.49. The lowest BCUT2D eigenvalue weighted by Gasteiger charge is -2.26. The summed E-state index contributed by atoms with van der Waals surface area (Å²) in [5.41, 5.74) is -0.947. The number of methoxy groups -OCH3 is 1. The van der Waals surface area contributed by atoms with Gasteiger partial charge in [-0.3, -0.25) is 0 Å². The molecular formula is C15H17F3N6O. The topological polar surface area (TPSA) is 67.3 Å². The minimum Gasteiger partial charge on any atom is -0.494 e. The molecule has 0 saturated carbocycles. The van der Waals surface area contributed by atoms with Crippen molar-refractivity contribution in [2.24, 2.45) is 0 Å². The largest absolute Gasteiger partial charge is 0.494 e. The standard InChI is InChI=1S/C15H17F3N6O/c1-23(13-5-12(15(16,17)18)21-9-22-13)10-3-4-24(8-10)14-19-6-11(25-2)7-20-14/h5-7,9-10H,3-4,8H2,1-2H3. The number of hydrogen-bond acceptors (Lipinski definition) is 7. The number of alkyl halides is 3. The Balaban J connectivity index is 1.71. The van der Waals surface area contributed by atoms with E-state index in [4.69, 9.17) is 4.74 Å². The van der Waals surface area contributed by atoms with Crippen molar-refractivity contribution in [2.75, 3.05) is 37.0 Å². The molecule has 3 heterocycles. The molecule has 3 rings (SSSR count). The first-order valence-electron chi connectivity index (χ1n) is 7.61. The summed E-state index contributed by atoms with van der Waals surface area (Å²) in [6.07, 6.45) is 0.376. The normalized spacial score (nSPS) is 17.6. The van der Waals surface area contributed by atoms with Gasteiger partial charge in [-0.25, -0.2) is 19.9 Å². The molecule has 0 aliphatic carbocycles. The van der Waals surface area contributed by atoms with Gasteiger partial charge in [-0.05, 0) is 6.42 Å². The lowest BCUT2D eigenvalue weighted by Crippen LogP contribution is -2.35. The van der Waals surface area contributed by atoms with Gasteiger partial charge in [-0.15, -0.1) is 0 Å². The van der Waals surface area contributed by atoms with E-state index in [1.165, 1.54) is 7.11 Å². The molecule has 0 N–H and O–H groups in total. The molecule has 1 aliphatic heterocycles. The van der Waals surface area contributed by atoms with Crippen molar-refractivity contribution in [3.63, 3.8) is 0 Å². The number of likely N-dealkylation sites (N-methyl/N-ethyl adjacent to an activating group) is 1. The van der Waals surface area contributed by atoms with E-state index < -0.39 is 11.9 Å². The second kappa shape index (κ2) is 6.69. The van der Waals surface area contributed by atoms with Gasteiger partial charge in [0, 0.05) is 32.2 Å². The summed E-state index contributed by atoms with van der Waals surface area (Å²) in [5.74, 6) is 1.37. The molecule has 2 aromatic rings. The van der Waals surface area contributed by atoms with E-state index in [1.54, 1.807) is 24.3 Å². The maximum Gasteiger partial charge on any atom is 0.433 e. The summed E-state index contributed by atoms with van der Waals surface area (Å²) in [5, 5.41) is 0. The van der Waals surface area contributed by atoms with Crippen LogP contribution < -0.4 is 14.5 Å². The van der Waals surface area contributed by atoms with Gasteiger partial charge in [0.1, 0.15) is 17.8 Å². The van der Waals surface area contributed by atoms with E-state index in [9.17, 15) is 13.2 Å². The van der Waals surface area contributed by atoms with Crippen LogP contribution in [0.2, 0.25) is 0 Å². The molecule has 0 radical (unpaired) electrons. The molecule has 0 aromatic carbocycles. The number of anilines is 2. The zero-order chi connectivity index (χ0) is 18.0. The van der Waals surface area contributed by atoms with Gasteiger partial charge in [0.25, 0.3) is 0 Å². The molecule has 1 unspecified atom stereocenters. The molecule has 0 spiro atoms. The van der Waals surface area contributed by atoms with Crippen molar-refractivity contribution in [1.82, 2.24) is 19.9 Å². The van der Waals surface area contributed by atoms with Gasteiger partial charge >= 0.3 is 6.18 Å². The van der Waals surface area contributed by atoms with Crippen molar-refractivity contribution in [3.8, 4) is 5.75 Å². The summed E-state index contributed by atoms with van der Waals surface area (Å²) < 4.78 is 43.5. The highest BCUT2D eigenvalue weighted by Crippen LogP contribution is 2.30. The smallest absolute Gasteiger partial charge is 0.433 e. The SMILES string of the molecule is COc1cnc(N2CCC(N(C)c3cc(C(F)(F)F)ncn3)C2)nc1. The van der Waals surface area contributed by atoms with Crippen LogP contribution >= 0.6 is 0 Å². The van der Waals surface area contributed by atoms with Crippen molar-refractivity contribution < 1.29 is 17.9 Å². The van der Waals surface area contributed by atoms with Crippen LogP contribution in [-0.2, 0) is 6.18 Å². The fourth-order valence-electron chi connectivity index (χ4n) is 2.70. The maximum atomic E-state index is 12.8. The first-order valence-corrected chi connectivity index (χ1v) is 7.61. The summed E-state index contributed by atoms with van der Waals surface area (Å²) in [6, 6.07) is 0.966. The summed E-state index contributed by atoms with van der Waals surface area (Å²) >= 11 is 0. The highest BCUT2D eigenvalue weighted by Gasteiger charge is 2.34. The van der Waals surface area contributed by atoms with Crippen LogP contribution in [0.15, 0.2) is 24.8 Å². The second-order valence-corrected chi connectivity index (χ2v) is 5.68. The van der Waals surface area contributed by atoms with Crippen LogP contribution in [0.4, 0.5) is 24.9 Å². The fraction of sp³-hybridized carbons (Fsp3) is 0.467. The maximum absolute atomic E-state index is 12.8. The molecule has 2 aromatic heterocycles. The molecule has 7 nitrogen and oxygen atoms in total. The lowest BCUT2D eigenvalue weighted by atomic mass is 10.2. The quantitative estimate of drug-likeness (QED) is 0.832. The molecule has 0 bridgehead atoms. The average Bonchev–Trinajstić information content (AvgIpc) is 3.10. The van der Waals surface area contributed by atoms with E-state index in [-0.39, 0.29) is 11.9 Å². The van der Waals surface area contributed by atoms with Crippen LogP contribution in [0.3, 0.4) is 0 Å². The lowest BCUT2D eigenvalue weighted by molar-refractivity contribution is -0.141. The Hall–Kier alpha value is -2.65. The summed E-state index contributed by atoms with van der Waals surface area (Å²) in [7, 11) is 3.27. The van der Waals surface area contributed by atoms with E-state index in [0.717, 1.165) is 18.8 Å². The van der Waals surface area contributed by atoms with Crippen LogP contribution in [0.5, 0.6) is 5.75 Å². The molecule has 1 aliphatic rings. The summed E-state index contributed by atoms with van der Waals surface area (Å²) in [4.78, 5) is 19.5. The fourth-order valence-corrected chi connectivity index (χ4v) is 2.70. The highest BCUT2D eigenvalue weighted by molar-refractivity contribution is 5.43. The average molecular weight is 354 g/mol. The van der Waals surface area contributed by atoms with Gasteiger partial charge in [0.15, 0.2) is 5.75 Å². The molecule has 1 atom stereocenters. The van der Waals surface area contributed by atoms with Crippen molar-refractivity contribution in [1.29, 1.82) is 0 Å². The first-order chi connectivity index (χ1) is 11.9. The summed E-state index contributed by atoms with van der Waals surface area (Å²) in [6.45, 7) is 1.30. The number of hydrogen-bond donors (Lipinski definition) is 0. The third-order valence-electron chi connectivity index (χ3n) is 4.15. The third-order valence-corrected chi connectivity index (χ3v) is 4.15. The van der Waals surface area contributed by atoms with Crippen LogP contribution in [-0.4, -0.2) is 53.2 Å². The van der Waals surface area contributed by atoms with Crippen molar-refractivity contribution in [2.45, 2.75) is 18.6 Å². The second-order valence-electron chi connectivity index (χ2n) is 5.68.